The zero-order chi connectivity index (χ0) is 17.5. The van der Waals surface area contributed by atoms with Crippen molar-refractivity contribution in [1.29, 1.82) is 0 Å². The van der Waals surface area contributed by atoms with Gasteiger partial charge in [0.15, 0.2) is 0 Å². The van der Waals surface area contributed by atoms with Crippen molar-refractivity contribution in [2.24, 2.45) is 0 Å². The van der Waals surface area contributed by atoms with E-state index in [4.69, 9.17) is 14.3 Å². The van der Waals surface area contributed by atoms with Gasteiger partial charge in [-0.2, -0.15) is 0 Å². The fraction of sp³-hybridized carbons (Fsp3) is 0.647. The summed E-state index contributed by atoms with van der Waals surface area (Å²) in [6, 6.07) is 4.23. The van der Waals surface area contributed by atoms with Crippen molar-refractivity contribution in [2.75, 3.05) is 0 Å². The molecule has 0 saturated carbocycles. The van der Waals surface area contributed by atoms with Gasteiger partial charge < -0.3 is 9.79 Å². The Bertz CT molecular complexity index is 588. The Morgan fingerprint density at radius 2 is 1.55 bits per heavy atom. The van der Waals surface area contributed by atoms with E-state index in [1.165, 1.54) is 5.56 Å². The molecule has 5 heteroatoms. The molecule has 0 aliphatic heterocycles. The minimum atomic E-state index is -4.52. The molecule has 0 bridgehead atoms. The molecule has 0 heterocycles. The summed E-state index contributed by atoms with van der Waals surface area (Å²) in [4.78, 5) is 18.2. The number of hydrogen-bond acceptors (Lipinski definition) is 2. The van der Waals surface area contributed by atoms with Crippen LogP contribution in [0.1, 0.15) is 76.8 Å². The lowest BCUT2D eigenvalue weighted by atomic mass is 9.76. The molecule has 0 saturated heterocycles. The average Bonchev–Trinajstić information content (AvgIpc) is 2.22. The van der Waals surface area contributed by atoms with E-state index in [9.17, 15) is 4.57 Å². The molecule has 1 aromatic carbocycles. The molecule has 126 valence electrons. The van der Waals surface area contributed by atoms with Crippen LogP contribution in [0.2, 0.25) is 0 Å². The fourth-order valence-corrected chi connectivity index (χ4v) is 3.17. The molecule has 0 radical (unpaired) electrons. The third-order valence-corrected chi connectivity index (χ3v) is 4.35. The van der Waals surface area contributed by atoms with E-state index >= 15 is 0 Å². The third kappa shape index (κ3) is 4.92. The van der Waals surface area contributed by atoms with Crippen LogP contribution in [0.3, 0.4) is 0 Å². The lowest BCUT2D eigenvalue weighted by Crippen LogP contribution is -2.21. The Kier molecular flexibility index (Phi) is 5.36. The normalized spacial score (nSPS) is 15.0. The van der Waals surface area contributed by atoms with Gasteiger partial charge >= 0.3 is 7.82 Å². The van der Waals surface area contributed by atoms with Crippen LogP contribution < -0.4 is 0 Å². The molecule has 0 amide bonds. The van der Waals surface area contributed by atoms with Crippen molar-refractivity contribution in [3.05, 3.63) is 34.4 Å². The van der Waals surface area contributed by atoms with Crippen LogP contribution in [0.5, 0.6) is 0 Å². The van der Waals surface area contributed by atoms with Gasteiger partial charge in [0.1, 0.15) is 0 Å². The summed E-state index contributed by atoms with van der Waals surface area (Å²) in [5, 5.41) is 0. The van der Waals surface area contributed by atoms with Crippen LogP contribution >= 0.6 is 7.82 Å². The van der Waals surface area contributed by atoms with Gasteiger partial charge in [-0.05, 0) is 46.9 Å². The Morgan fingerprint density at radius 3 is 1.91 bits per heavy atom. The van der Waals surface area contributed by atoms with Crippen molar-refractivity contribution in [3.63, 3.8) is 0 Å². The van der Waals surface area contributed by atoms with Gasteiger partial charge in [-0.15, -0.1) is 0 Å². The van der Waals surface area contributed by atoms with E-state index in [-0.39, 0.29) is 10.8 Å². The molecule has 0 aliphatic rings. The first-order chi connectivity index (χ1) is 9.63. The summed E-state index contributed by atoms with van der Waals surface area (Å²) >= 11 is 0. The molecule has 1 unspecified atom stereocenters. The van der Waals surface area contributed by atoms with Gasteiger partial charge in [-0.25, -0.2) is 4.57 Å². The fourth-order valence-electron chi connectivity index (χ4n) is 2.65. The molecule has 2 N–H and O–H groups in total. The molecule has 22 heavy (non-hydrogen) atoms. The Balaban J connectivity index is 3.54. The molecule has 4 nitrogen and oxygen atoms in total. The molecular weight excluding hydrogens is 299 g/mol. The van der Waals surface area contributed by atoms with Crippen LogP contribution in [-0.2, 0) is 19.9 Å². The number of rotatable bonds is 3. The van der Waals surface area contributed by atoms with E-state index in [1.807, 2.05) is 6.92 Å². The quantitative estimate of drug-likeness (QED) is 0.785. The van der Waals surface area contributed by atoms with Crippen LogP contribution in [0.4, 0.5) is 0 Å². The smallest absolute Gasteiger partial charge is 0.303 e. The van der Waals surface area contributed by atoms with Crippen molar-refractivity contribution >= 4 is 7.82 Å². The van der Waals surface area contributed by atoms with E-state index in [2.05, 4.69) is 53.7 Å². The van der Waals surface area contributed by atoms with Gasteiger partial charge in [0, 0.05) is 0 Å². The molecule has 0 aliphatic carbocycles. The zero-order valence-corrected chi connectivity index (χ0v) is 15.8. The first-order valence-electron chi connectivity index (χ1n) is 7.52. The van der Waals surface area contributed by atoms with Crippen molar-refractivity contribution in [1.82, 2.24) is 0 Å². The summed E-state index contributed by atoms with van der Waals surface area (Å²) in [6.45, 7) is 16.4. The first kappa shape index (κ1) is 19.4. The van der Waals surface area contributed by atoms with Crippen molar-refractivity contribution in [3.8, 4) is 0 Å². The minimum Gasteiger partial charge on any atom is -0.303 e. The maximum Gasteiger partial charge on any atom is 0.470 e. The molecule has 0 fully saturated rings. The highest BCUT2D eigenvalue weighted by atomic mass is 31.2. The third-order valence-electron chi connectivity index (χ3n) is 3.76. The molecule has 0 spiro atoms. The molecule has 1 rings (SSSR count). The lowest BCUT2D eigenvalue weighted by molar-refractivity contribution is 0.144. The average molecular weight is 328 g/mol. The van der Waals surface area contributed by atoms with Crippen LogP contribution in [-0.4, -0.2) is 9.79 Å². The maximum absolute atomic E-state index is 11.2. The van der Waals surface area contributed by atoms with Gasteiger partial charge in [0.05, 0.1) is 6.10 Å². The standard InChI is InChI=1S/C17H29O4P/c1-11-9-13(16(3,4)5)10-14(17(6,7)8)15(11)12(2)21-22(18,19)20/h9-10,12H,1-8H3,(H2,18,19,20). The SMILES string of the molecule is Cc1cc(C(C)(C)C)cc(C(C)(C)C)c1C(C)OP(=O)(O)O. The second-order valence-corrected chi connectivity index (χ2v) is 9.18. The van der Waals surface area contributed by atoms with Gasteiger partial charge in [0.25, 0.3) is 0 Å². The second kappa shape index (κ2) is 6.09. The Hall–Kier alpha value is -0.670. The molecule has 1 aromatic rings. The summed E-state index contributed by atoms with van der Waals surface area (Å²) in [7, 11) is -4.52. The molecule has 1 atom stereocenters. The Labute approximate surface area is 134 Å². The first-order valence-corrected chi connectivity index (χ1v) is 9.05. The van der Waals surface area contributed by atoms with E-state index in [0.717, 1.165) is 16.7 Å². The van der Waals surface area contributed by atoms with Crippen LogP contribution in [0.25, 0.3) is 0 Å². The van der Waals surface area contributed by atoms with Crippen molar-refractivity contribution < 1.29 is 18.9 Å². The van der Waals surface area contributed by atoms with E-state index in [1.54, 1.807) is 6.92 Å². The number of hydrogen-bond donors (Lipinski definition) is 2. The summed E-state index contributed by atoms with van der Waals surface area (Å²) in [6.07, 6.45) is -0.663. The molecule has 0 aromatic heterocycles. The van der Waals surface area contributed by atoms with Crippen LogP contribution in [0.15, 0.2) is 12.1 Å². The highest BCUT2D eigenvalue weighted by Gasteiger charge is 2.29. The highest BCUT2D eigenvalue weighted by Crippen LogP contribution is 2.45. The predicted molar refractivity (Wildman–Crippen MR) is 90.1 cm³/mol. The lowest BCUT2D eigenvalue weighted by Gasteiger charge is -2.31. The maximum atomic E-state index is 11.2. The Morgan fingerprint density at radius 1 is 1.05 bits per heavy atom. The predicted octanol–water partition coefficient (Wildman–Crippen LogP) is 4.76. The van der Waals surface area contributed by atoms with Gasteiger partial charge in [0.2, 0.25) is 0 Å². The zero-order valence-electron chi connectivity index (χ0n) is 14.9. The number of aryl methyl sites for hydroxylation is 1. The summed E-state index contributed by atoms with van der Waals surface area (Å²) < 4.78 is 16.1. The van der Waals surface area contributed by atoms with E-state index in [0.29, 0.717) is 0 Å². The van der Waals surface area contributed by atoms with Crippen LogP contribution in [0, 0.1) is 6.92 Å². The number of benzene rings is 1. The number of phosphoric ester groups is 1. The molecular formula is C17H29O4P. The van der Waals surface area contributed by atoms with E-state index < -0.39 is 13.9 Å². The summed E-state index contributed by atoms with van der Waals surface area (Å²) in [5.74, 6) is 0. The highest BCUT2D eigenvalue weighted by molar-refractivity contribution is 7.46. The minimum absolute atomic E-state index is 0.0106. The number of phosphoric acid groups is 1. The van der Waals surface area contributed by atoms with Gasteiger partial charge in [-0.1, -0.05) is 53.7 Å². The summed E-state index contributed by atoms with van der Waals surface area (Å²) in [5.41, 5.74) is 4.01. The van der Waals surface area contributed by atoms with Crippen molar-refractivity contribution in [2.45, 2.75) is 72.3 Å². The van der Waals surface area contributed by atoms with Gasteiger partial charge in [-0.3, -0.25) is 4.52 Å². The largest absolute Gasteiger partial charge is 0.470 e. The topological polar surface area (TPSA) is 66.8 Å². The monoisotopic (exact) mass is 328 g/mol. The second-order valence-electron chi connectivity index (χ2n) is 7.99.